The highest BCUT2D eigenvalue weighted by Crippen LogP contribution is 2.41. The molecule has 0 bridgehead atoms. The Morgan fingerprint density at radius 2 is 1.79 bits per heavy atom. The quantitative estimate of drug-likeness (QED) is 0.759. The average molecular weight is 353 g/mol. The smallest absolute Gasteiger partial charge is 0.410 e. The second kappa shape index (κ2) is 7.11. The minimum Gasteiger partial charge on any atom is -0.445 e. The fourth-order valence-electron chi connectivity index (χ4n) is 3.74. The molecule has 1 saturated carbocycles. The fraction of sp³-hybridized carbons (Fsp3) is 0.588. The number of nitrogens with zero attached hydrogens (tertiary/aromatic N) is 1. The van der Waals surface area contributed by atoms with Crippen molar-refractivity contribution in [2.75, 3.05) is 26.0 Å². The summed E-state index contributed by atoms with van der Waals surface area (Å²) in [5.74, 6) is 1.10. The maximum Gasteiger partial charge on any atom is 0.410 e. The van der Waals surface area contributed by atoms with E-state index in [1.165, 1.54) is 0 Å². The molecule has 3 atom stereocenters. The van der Waals surface area contributed by atoms with Crippen molar-refractivity contribution in [3.8, 4) is 0 Å². The minimum absolute atomic E-state index is 0.254. The molecule has 1 amide bonds. The van der Waals surface area contributed by atoms with Crippen molar-refractivity contribution in [2.45, 2.75) is 19.4 Å². The SMILES string of the molecule is CS(=O)(=O)OCC1C[C@@H]2CN(C(=O)OCc3ccccc3)C[C@@H]2C1. The molecule has 1 heterocycles. The molecule has 2 fully saturated rings. The third kappa shape index (κ3) is 4.48. The van der Waals surface area contributed by atoms with Crippen molar-refractivity contribution >= 4 is 16.2 Å². The van der Waals surface area contributed by atoms with Crippen molar-refractivity contribution in [1.82, 2.24) is 4.90 Å². The first kappa shape index (κ1) is 17.2. The van der Waals surface area contributed by atoms with Crippen LogP contribution in [0.2, 0.25) is 0 Å². The second-order valence-corrected chi connectivity index (χ2v) is 8.44. The van der Waals surface area contributed by atoms with Gasteiger partial charge in [0.15, 0.2) is 0 Å². The highest BCUT2D eigenvalue weighted by atomic mass is 32.2. The van der Waals surface area contributed by atoms with Crippen LogP contribution in [0.1, 0.15) is 18.4 Å². The van der Waals surface area contributed by atoms with Crippen molar-refractivity contribution < 1.29 is 22.1 Å². The van der Waals surface area contributed by atoms with Crippen LogP contribution >= 0.6 is 0 Å². The minimum atomic E-state index is -3.38. The van der Waals surface area contributed by atoms with Gasteiger partial charge in [0.25, 0.3) is 10.1 Å². The van der Waals surface area contributed by atoms with Crippen LogP contribution in [0.15, 0.2) is 30.3 Å². The van der Waals surface area contributed by atoms with Gasteiger partial charge in [-0.25, -0.2) is 4.79 Å². The molecule has 1 aliphatic carbocycles. The zero-order valence-corrected chi connectivity index (χ0v) is 14.6. The number of rotatable bonds is 5. The maximum absolute atomic E-state index is 12.2. The summed E-state index contributed by atoms with van der Waals surface area (Å²) in [5, 5.41) is 0. The highest BCUT2D eigenvalue weighted by molar-refractivity contribution is 7.85. The van der Waals surface area contributed by atoms with E-state index in [2.05, 4.69) is 0 Å². The van der Waals surface area contributed by atoms with E-state index in [-0.39, 0.29) is 25.2 Å². The summed E-state index contributed by atoms with van der Waals surface area (Å²) in [6.45, 7) is 1.92. The zero-order chi connectivity index (χ0) is 17.2. The molecule has 1 saturated heterocycles. The molecule has 0 radical (unpaired) electrons. The molecule has 1 aromatic rings. The molecule has 24 heavy (non-hydrogen) atoms. The van der Waals surface area contributed by atoms with Crippen molar-refractivity contribution in [3.05, 3.63) is 35.9 Å². The van der Waals surface area contributed by atoms with Gasteiger partial charge in [-0.05, 0) is 36.2 Å². The van der Waals surface area contributed by atoms with E-state index in [9.17, 15) is 13.2 Å². The van der Waals surface area contributed by atoms with E-state index in [4.69, 9.17) is 8.92 Å². The number of carbonyl (C=O) groups is 1. The summed E-state index contributed by atoms with van der Waals surface area (Å²) in [6.07, 6.45) is 2.62. The molecule has 132 valence electrons. The van der Waals surface area contributed by atoms with Gasteiger partial charge in [0.05, 0.1) is 12.9 Å². The normalized spacial score (nSPS) is 26.4. The van der Waals surface area contributed by atoms with E-state index >= 15 is 0 Å². The van der Waals surface area contributed by atoms with Gasteiger partial charge in [-0.3, -0.25) is 4.18 Å². The van der Waals surface area contributed by atoms with Crippen LogP contribution in [0.3, 0.4) is 0 Å². The highest BCUT2D eigenvalue weighted by Gasteiger charge is 2.43. The Hall–Kier alpha value is -1.60. The number of fused-ring (bicyclic) bond motifs is 1. The molecule has 7 heteroatoms. The first-order valence-corrected chi connectivity index (χ1v) is 10.0. The van der Waals surface area contributed by atoms with E-state index in [1.54, 1.807) is 4.90 Å². The Labute approximate surface area is 142 Å². The maximum atomic E-state index is 12.2. The Morgan fingerprint density at radius 3 is 2.38 bits per heavy atom. The lowest BCUT2D eigenvalue weighted by Crippen LogP contribution is -2.30. The van der Waals surface area contributed by atoms with Gasteiger partial charge >= 0.3 is 6.09 Å². The van der Waals surface area contributed by atoms with Crippen LogP contribution in [0.4, 0.5) is 4.79 Å². The van der Waals surface area contributed by atoms with Crippen LogP contribution in [-0.4, -0.2) is 45.4 Å². The lowest BCUT2D eigenvalue weighted by molar-refractivity contribution is 0.100. The number of hydrogen-bond acceptors (Lipinski definition) is 5. The fourth-order valence-corrected chi connectivity index (χ4v) is 4.18. The Morgan fingerprint density at radius 1 is 1.17 bits per heavy atom. The number of hydrogen-bond donors (Lipinski definition) is 0. The number of likely N-dealkylation sites (tertiary alicyclic amines) is 1. The largest absolute Gasteiger partial charge is 0.445 e. The van der Waals surface area contributed by atoms with Gasteiger partial charge in [0.1, 0.15) is 6.61 Å². The van der Waals surface area contributed by atoms with E-state index in [0.29, 0.717) is 24.9 Å². The van der Waals surface area contributed by atoms with Crippen LogP contribution < -0.4 is 0 Å². The number of carbonyl (C=O) groups excluding carboxylic acids is 1. The summed E-state index contributed by atoms with van der Waals surface area (Å²) >= 11 is 0. The molecule has 0 spiro atoms. The van der Waals surface area contributed by atoms with Crippen molar-refractivity contribution in [2.24, 2.45) is 17.8 Å². The second-order valence-electron chi connectivity index (χ2n) is 6.79. The standard InChI is InChI=1S/C17H23NO5S/c1-24(20,21)23-12-14-7-15-9-18(10-16(15)8-14)17(19)22-11-13-5-3-2-4-6-13/h2-6,14-16H,7-12H2,1H3/t14?,15-,16+. The van der Waals surface area contributed by atoms with Gasteiger partial charge < -0.3 is 9.64 Å². The summed E-state index contributed by atoms with van der Waals surface area (Å²) in [4.78, 5) is 14.0. The molecule has 0 aromatic heterocycles. The molecule has 2 aliphatic rings. The predicted molar refractivity (Wildman–Crippen MR) is 88.7 cm³/mol. The summed E-state index contributed by atoms with van der Waals surface area (Å²) in [6, 6.07) is 9.62. The topological polar surface area (TPSA) is 72.9 Å². The molecular formula is C17H23NO5S. The number of ether oxygens (including phenoxy) is 1. The van der Waals surface area contributed by atoms with Crippen molar-refractivity contribution in [1.29, 1.82) is 0 Å². The number of amides is 1. The van der Waals surface area contributed by atoms with E-state index in [0.717, 1.165) is 24.7 Å². The van der Waals surface area contributed by atoms with Crippen molar-refractivity contribution in [3.63, 3.8) is 0 Å². The molecule has 6 nitrogen and oxygen atoms in total. The van der Waals surface area contributed by atoms with E-state index < -0.39 is 10.1 Å². The average Bonchev–Trinajstić information content (AvgIpc) is 3.09. The Kier molecular flexibility index (Phi) is 5.10. The monoisotopic (exact) mass is 353 g/mol. The first-order chi connectivity index (χ1) is 11.4. The predicted octanol–water partition coefficient (Wildman–Crippen LogP) is 2.26. The van der Waals surface area contributed by atoms with Gasteiger partial charge in [-0.1, -0.05) is 30.3 Å². The number of benzene rings is 1. The van der Waals surface area contributed by atoms with Crippen LogP contribution in [0.25, 0.3) is 0 Å². The summed E-state index contributed by atoms with van der Waals surface area (Å²) in [5.41, 5.74) is 0.975. The third-order valence-electron chi connectivity index (χ3n) is 4.83. The Bertz CT molecular complexity index is 661. The first-order valence-electron chi connectivity index (χ1n) is 8.21. The lowest BCUT2D eigenvalue weighted by atomic mass is 10.0. The molecule has 1 aromatic carbocycles. The van der Waals surface area contributed by atoms with Gasteiger partial charge in [-0.15, -0.1) is 0 Å². The summed E-state index contributed by atoms with van der Waals surface area (Å²) < 4.78 is 32.4. The van der Waals surface area contributed by atoms with Gasteiger partial charge in [-0.2, -0.15) is 8.42 Å². The summed E-state index contributed by atoms with van der Waals surface area (Å²) in [7, 11) is -3.38. The van der Waals surface area contributed by atoms with Gasteiger partial charge in [0.2, 0.25) is 0 Å². The van der Waals surface area contributed by atoms with Crippen LogP contribution in [0.5, 0.6) is 0 Å². The lowest BCUT2D eigenvalue weighted by Gasteiger charge is -2.19. The van der Waals surface area contributed by atoms with Crippen LogP contribution in [0, 0.1) is 17.8 Å². The van der Waals surface area contributed by atoms with E-state index in [1.807, 2.05) is 30.3 Å². The van der Waals surface area contributed by atoms with Crippen LogP contribution in [-0.2, 0) is 25.6 Å². The van der Waals surface area contributed by atoms with Gasteiger partial charge in [0, 0.05) is 13.1 Å². The molecule has 3 rings (SSSR count). The molecule has 0 N–H and O–H groups in total. The zero-order valence-electron chi connectivity index (χ0n) is 13.8. The third-order valence-corrected chi connectivity index (χ3v) is 5.39. The molecular weight excluding hydrogens is 330 g/mol. The molecule has 1 unspecified atom stereocenters. The Balaban J connectivity index is 1.43. The molecule has 1 aliphatic heterocycles.